The summed E-state index contributed by atoms with van der Waals surface area (Å²) in [5.41, 5.74) is -7.42. The Labute approximate surface area is 254 Å². The van der Waals surface area contributed by atoms with Crippen LogP contribution < -0.4 is 0 Å². The van der Waals surface area contributed by atoms with Gasteiger partial charge in [0, 0.05) is 5.41 Å². The van der Waals surface area contributed by atoms with Gasteiger partial charge in [0.25, 0.3) is 0 Å². The maximum Gasteiger partial charge on any atom is 0.323 e. The van der Waals surface area contributed by atoms with E-state index in [-0.39, 0.29) is 25.2 Å². The zero-order valence-electron chi connectivity index (χ0n) is 26.8. The summed E-state index contributed by atoms with van der Waals surface area (Å²) in [6, 6.07) is 0. The van der Waals surface area contributed by atoms with Crippen LogP contribution in [-0.2, 0) is 19.2 Å². The molecule has 0 aromatic carbocycles. The Morgan fingerprint density at radius 1 is 0.548 bits per heavy atom. The van der Waals surface area contributed by atoms with E-state index in [0.717, 1.165) is 96.3 Å². The van der Waals surface area contributed by atoms with Gasteiger partial charge < -0.3 is 20.4 Å². The second-order valence-electron chi connectivity index (χ2n) is 12.9. The SMILES string of the molecule is CCCCCCCCC1CCCC(C(=O)O)(C(=O)O)C(C(=O)O)(C(=O)O)C1(CCCCCCC)CCCCCCCC. The molecule has 1 aliphatic rings. The van der Waals surface area contributed by atoms with E-state index in [1.807, 2.05) is 0 Å². The number of carboxylic acid groups (broad SMARTS) is 4. The van der Waals surface area contributed by atoms with E-state index in [9.17, 15) is 39.6 Å². The third kappa shape index (κ3) is 8.49. The van der Waals surface area contributed by atoms with Gasteiger partial charge in [0.1, 0.15) is 0 Å². The maximum atomic E-state index is 13.5. The molecule has 8 heteroatoms. The lowest BCUT2D eigenvalue weighted by atomic mass is 9.44. The van der Waals surface area contributed by atoms with Gasteiger partial charge in [-0.2, -0.15) is 0 Å². The summed E-state index contributed by atoms with van der Waals surface area (Å²) in [7, 11) is 0. The van der Waals surface area contributed by atoms with Crippen LogP contribution in [-0.4, -0.2) is 44.3 Å². The van der Waals surface area contributed by atoms with Crippen molar-refractivity contribution < 1.29 is 39.6 Å². The molecule has 1 rings (SSSR count). The van der Waals surface area contributed by atoms with Gasteiger partial charge in [-0.3, -0.25) is 19.2 Å². The summed E-state index contributed by atoms with van der Waals surface area (Å²) < 4.78 is 0. The molecular formula is C34H60O8. The van der Waals surface area contributed by atoms with Gasteiger partial charge in [-0.1, -0.05) is 136 Å². The molecule has 0 spiro atoms. The summed E-state index contributed by atoms with van der Waals surface area (Å²) in [6.07, 6.45) is 17.0. The number of carboxylic acids is 4. The van der Waals surface area contributed by atoms with Gasteiger partial charge in [-0.15, -0.1) is 0 Å². The first-order valence-electron chi connectivity index (χ1n) is 17.0. The number of hydrogen-bond donors (Lipinski definition) is 4. The molecule has 4 N–H and O–H groups in total. The fourth-order valence-corrected chi connectivity index (χ4v) is 8.08. The van der Waals surface area contributed by atoms with E-state index in [2.05, 4.69) is 20.8 Å². The zero-order chi connectivity index (χ0) is 31.7. The Hall–Kier alpha value is -2.12. The minimum atomic E-state index is -2.98. The highest BCUT2D eigenvalue weighted by Crippen LogP contribution is 2.66. The number of rotatable bonds is 24. The van der Waals surface area contributed by atoms with Crippen molar-refractivity contribution in [3.63, 3.8) is 0 Å². The Balaban J connectivity index is 3.81. The topological polar surface area (TPSA) is 149 Å². The van der Waals surface area contributed by atoms with Crippen molar-refractivity contribution in [3.8, 4) is 0 Å². The van der Waals surface area contributed by atoms with Crippen LogP contribution >= 0.6 is 0 Å². The third-order valence-electron chi connectivity index (χ3n) is 10.3. The summed E-state index contributed by atoms with van der Waals surface area (Å²) in [5, 5.41) is 43.0. The van der Waals surface area contributed by atoms with Gasteiger partial charge in [0.05, 0.1) is 0 Å². The highest BCUT2D eigenvalue weighted by atomic mass is 16.4. The summed E-state index contributed by atoms with van der Waals surface area (Å²) in [6.45, 7) is 6.37. The molecule has 0 bridgehead atoms. The van der Waals surface area contributed by atoms with Gasteiger partial charge >= 0.3 is 23.9 Å². The molecule has 0 aromatic heterocycles. The van der Waals surface area contributed by atoms with Crippen molar-refractivity contribution in [2.75, 3.05) is 0 Å². The molecule has 8 nitrogen and oxygen atoms in total. The number of unbranched alkanes of at least 4 members (excludes halogenated alkanes) is 14. The van der Waals surface area contributed by atoms with Crippen molar-refractivity contribution in [2.45, 2.75) is 168 Å². The van der Waals surface area contributed by atoms with Crippen LogP contribution in [0.15, 0.2) is 0 Å². The second-order valence-corrected chi connectivity index (χ2v) is 12.9. The minimum Gasteiger partial charge on any atom is -0.480 e. The van der Waals surface area contributed by atoms with Crippen LogP contribution in [0.4, 0.5) is 0 Å². The Morgan fingerprint density at radius 3 is 1.31 bits per heavy atom. The first-order valence-corrected chi connectivity index (χ1v) is 17.0. The summed E-state index contributed by atoms with van der Waals surface area (Å²) in [5.74, 6) is -7.70. The lowest BCUT2D eigenvalue weighted by molar-refractivity contribution is -0.216. The van der Waals surface area contributed by atoms with Crippen LogP contribution in [0.5, 0.6) is 0 Å². The molecule has 1 aliphatic carbocycles. The lowest BCUT2D eigenvalue weighted by Crippen LogP contribution is -2.69. The molecule has 0 aliphatic heterocycles. The molecule has 2 atom stereocenters. The number of carbonyl (C=O) groups is 4. The fraction of sp³-hybridized carbons (Fsp3) is 0.882. The molecule has 2 unspecified atom stereocenters. The molecule has 0 radical (unpaired) electrons. The maximum absolute atomic E-state index is 13.5. The second kappa shape index (κ2) is 19.2. The van der Waals surface area contributed by atoms with Gasteiger partial charge in [0.2, 0.25) is 0 Å². The van der Waals surface area contributed by atoms with Crippen molar-refractivity contribution in [2.24, 2.45) is 22.2 Å². The highest BCUT2D eigenvalue weighted by molar-refractivity contribution is 6.13. The van der Waals surface area contributed by atoms with E-state index in [1.54, 1.807) is 0 Å². The Kier molecular flexibility index (Phi) is 17.3. The van der Waals surface area contributed by atoms with E-state index in [4.69, 9.17) is 0 Å². The van der Waals surface area contributed by atoms with Crippen LogP contribution in [0, 0.1) is 22.2 Å². The van der Waals surface area contributed by atoms with E-state index >= 15 is 0 Å². The van der Waals surface area contributed by atoms with Crippen molar-refractivity contribution >= 4 is 23.9 Å². The lowest BCUT2D eigenvalue weighted by Gasteiger charge is -2.54. The van der Waals surface area contributed by atoms with Gasteiger partial charge in [-0.05, 0) is 38.0 Å². The minimum absolute atomic E-state index is 0.176. The smallest absolute Gasteiger partial charge is 0.323 e. The highest BCUT2D eigenvalue weighted by Gasteiger charge is 2.80. The van der Waals surface area contributed by atoms with Crippen molar-refractivity contribution in [3.05, 3.63) is 0 Å². The van der Waals surface area contributed by atoms with Crippen LogP contribution in [0.3, 0.4) is 0 Å². The van der Waals surface area contributed by atoms with Crippen molar-refractivity contribution in [1.82, 2.24) is 0 Å². The van der Waals surface area contributed by atoms with Gasteiger partial charge in [-0.25, -0.2) is 0 Å². The molecule has 244 valence electrons. The van der Waals surface area contributed by atoms with Crippen LogP contribution in [0.2, 0.25) is 0 Å². The zero-order valence-corrected chi connectivity index (χ0v) is 26.8. The van der Waals surface area contributed by atoms with Crippen LogP contribution in [0.25, 0.3) is 0 Å². The quantitative estimate of drug-likeness (QED) is 0.0490. The van der Waals surface area contributed by atoms with Gasteiger partial charge in [0.15, 0.2) is 10.8 Å². The molecule has 1 saturated carbocycles. The summed E-state index contributed by atoms with van der Waals surface area (Å²) in [4.78, 5) is 53.0. The summed E-state index contributed by atoms with van der Waals surface area (Å²) >= 11 is 0. The Bertz CT molecular complexity index is 809. The first kappa shape index (κ1) is 37.9. The predicted octanol–water partition coefficient (Wildman–Crippen LogP) is 8.95. The average Bonchev–Trinajstić information content (AvgIpc) is 3.06. The largest absolute Gasteiger partial charge is 0.480 e. The molecule has 1 fully saturated rings. The average molecular weight is 597 g/mol. The number of hydrogen-bond acceptors (Lipinski definition) is 4. The molecular weight excluding hydrogens is 536 g/mol. The Morgan fingerprint density at radius 2 is 0.929 bits per heavy atom. The molecule has 0 aromatic rings. The fourth-order valence-electron chi connectivity index (χ4n) is 8.08. The monoisotopic (exact) mass is 596 g/mol. The normalized spacial score (nSPS) is 21.5. The molecule has 42 heavy (non-hydrogen) atoms. The standard InChI is InChI=1S/C34H60O8/c1-4-7-10-13-15-18-22-27-23-21-26-33(28(35)36,29(37)38)34(30(39)40,31(41)42)32(27,24-19-16-12-9-6-3)25-20-17-14-11-8-5-2/h27H,4-26H2,1-3H3,(H,35,36)(H,37,38)(H,39,40)(H,41,42). The van der Waals surface area contributed by atoms with E-state index in [1.165, 1.54) is 0 Å². The first-order chi connectivity index (χ1) is 20.1. The van der Waals surface area contributed by atoms with Crippen molar-refractivity contribution in [1.29, 1.82) is 0 Å². The number of aliphatic carboxylic acids is 4. The third-order valence-corrected chi connectivity index (χ3v) is 10.3. The van der Waals surface area contributed by atoms with E-state index in [0.29, 0.717) is 25.7 Å². The predicted molar refractivity (Wildman–Crippen MR) is 165 cm³/mol. The molecule has 0 saturated heterocycles. The molecule has 0 amide bonds. The van der Waals surface area contributed by atoms with Crippen LogP contribution in [0.1, 0.15) is 168 Å². The van der Waals surface area contributed by atoms with E-state index < -0.39 is 46.5 Å². The molecule has 0 heterocycles.